The van der Waals surface area contributed by atoms with E-state index < -0.39 is 10.8 Å². The lowest BCUT2D eigenvalue weighted by Crippen LogP contribution is -2.55. The molecule has 0 aromatic heterocycles. The fourth-order valence-corrected chi connectivity index (χ4v) is 3.84. The van der Waals surface area contributed by atoms with Crippen molar-refractivity contribution in [2.45, 2.75) is 25.1 Å². The molecular formula is C15H21ClN2O3S. The molecule has 0 radical (unpaired) electrons. The molecule has 0 aliphatic carbocycles. The number of benzene rings is 1. The van der Waals surface area contributed by atoms with Gasteiger partial charge in [0.05, 0.1) is 11.8 Å². The zero-order valence-electron chi connectivity index (χ0n) is 12.8. The van der Waals surface area contributed by atoms with Gasteiger partial charge in [0.1, 0.15) is 12.4 Å². The SMILES string of the molecule is C[C@@H]1[C@H](C)[S@](=O)CCN1C(=O)NCCOc1cccc(Cl)c1. The van der Waals surface area contributed by atoms with Crippen molar-refractivity contribution in [3.8, 4) is 5.75 Å². The summed E-state index contributed by atoms with van der Waals surface area (Å²) in [4.78, 5) is 13.9. The van der Waals surface area contributed by atoms with Crippen molar-refractivity contribution in [2.75, 3.05) is 25.4 Å². The van der Waals surface area contributed by atoms with Crippen molar-refractivity contribution in [2.24, 2.45) is 0 Å². The first-order valence-corrected chi connectivity index (χ1v) is 9.05. The van der Waals surface area contributed by atoms with Crippen molar-refractivity contribution in [1.82, 2.24) is 10.2 Å². The van der Waals surface area contributed by atoms with Gasteiger partial charge >= 0.3 is 6.03 Å². The molecule has 3 atom stereocenters. The first-order chi connectivity index (χ1) is 10.5. The van der Waals surface area contributed by atoms with Gasteiger partial charge in [-0.15, -0.1) is 0 Å². The van der Waals surface area contributed by atoms with E-state index in [9.17, 15) is 9.00 Å². The summed E-state index contributed by atoms with van der Waals surface area (Å²) < 4.78 is 17.3. The van der Waals surface area contributed by atoms with Crippen LogP contribution in [0.2, 0.25) is 5.02 Å². The molecule has 0 unspecified atom stereocenters. The molecule has 1 aliphatic rings. The molecule has 1 aromatic rings. The fraction of sp³-hybridized carbons (Fsp3) is 0.533. The predicted molar refractivity (Wildman–Crippen MR) is 89.0 cm³/mol. The van der Waals surface area contributed by atoms with Crippen LogP contribution in [0.15, 0.2) is 24.3 Å². The standard InChI is InChI=1S/C15H21ClN2O3S/c1-11-12(2)22(20)9-7-18(11)15(19)17-6-8-21-14-5-3-4-13(16)10-14/h3-5,10-12H,6-9H2,1-2H3,(H,17,19)/t11-,12+,22-/m1/s1. The number of halogens is 1. The average molecular weight is 345 g/mol. The van der Waals surface area contributed by atoms with Gasteiger partial charge in [-0.3, -0.25) is 4.21 Å². The van der Waals surface area contributed by atoms with Crippen LogP contribution in [0.4, 0.5) is 4.79 Å². The maximum absolute atomic E-state index is 12.2. The van der Waals surface area contributed by atoms with Gasteiger partial charge in [-0.25, -0.2) is 4.79 Å². The summed E-state index contributed by atoms with van der Waals surface area (Å²) >= 11 is 5.87. The Labute approximate surface area is 138 Å². The second-order valence-electron chi connectivity index (χ2n) is 5.26. The van der Waals surface area contributed by atoms with E-state index in [1.165, 1.54) is 0 Å². The minimum absolute atomic E-state index is 0.00205. The van der Waals surface area contributed by atoms with Crippen LogP contribution in [0.3, 0.4) is 0 Å². The van der Waals surface area contributed by atoms with Crippen LogP contribution in [0.5, 0.6) is 5.75 Å². The van der Waals surface area contributed by atoms with Crippen LogP contribution >= 0.6 is 11.6 Å². The first kappa shape index (κ1) is 17.1. The number of ether oxygens (including phenoxy) is 1. The number of urea groups is 1. The van der Waals surface area contributed by atoms with E-state index in [4.69, 9.17) is 16.3 Å². The van der Waals surface area contributed by atoms with Crippen LogP contribution in [-0.4, -0.2) is 51.9 Å². The summed E-state index contributed by atoms with van der Waals surface area (Å²) in [5.74, 6) is 1.22. The molecule has 22 heavy (non-hydrogen) atoms. The van der Waals surface area contributed by atoms with E-state index >= 15 is 0 Å². The molecule has 1 fully saturated rings. The van der Waals surface area contributed by atoms with E-state index in [0.29, 0.717) is 36.2 Å². The molecule has 1 aromatic carbocycles. The van der Waals surface area contributed by atoms with Crippen molar-refractivity contribution in [3.63, 3.8) is 0 Å². The van der Waals surface area contributed by atoms with E-state index in [-0.39, 0.29) is 17.3 Å². The molecule has 2 amide bonds. The van der Waals surface area contributed by atoms with Gasteiger partial charge < -0.3 is 15.0 Å². The molecule has 1 N–H and O–H groups in total. The molecule has 0 spiro atoms. The van der Waals surface area contributed by atoms with Crippen LogP contribution in [-0.2, 0) is 10.8 Å². The molecular weight excluding hydrogens is 324 g/mol. The van der Waals surface area contributed by atoms with Crippen LogP contribution < -0.4 is 10.1 Å². The molecule has 7 heteroatoms. The lowest BCUT2D eigenvalue weighted by atomic mass is 10.2. The first-order valence-electron chi connectivity index (χ1n) is 7.29. The molecule has 2 rings (SSSR count). The molecule has 0 saturated carbocycles. The highest BCUT2D eigenvalue weighted by Gasteiger charge is 2.32. The zero-order chi connectivity index (χ0) is 16.1. The van der Waals surface area contributed by atoms with Gasteiger partial charge in [0.15, 0.2) is 0 Å². The molecule has 122 valence electrons. The fourth-order valence-electron chi connectivity index (χ4n) is 2.32. The second kappa shape index (κ2) is 7.83. The van der Waals surface area contributed by atoms with Crippen molar-refractivity contribution < 1.29 is 13.7 Å². The maximum Gasteiger partial charge on any atom is 0.317 e. The highest BCUT2D eigenvalue weighted by molar-refractivity contribution is 7.85. The highest BCUT2D eigenvalue weighted by Crippen LogP contribution is 2.17. The Bertz CT molecular complexity index is 555. The molecule has 1 saturated heterocycles. The minimum atomic E-state index is -0.846. The normalized spacial score (nSPS) is 24.9. The number of hydrogen-bond donors (Lipinski definition) is 1. The van der Waals surface area contributed by atoms with Gasteiger partial charge in [0, 0.05) is 34.2 Å². The van der Waals surface area contributed by atoms with Gasteiger partial charge in [0.25, 0.3) is 0 Å². The summed E-state index contributed by atoms with van der Waals surface area (Å²) in [5.41, 5.74) is 0. The number of carbonyl (C=O) groups excluding carboxylic acids is 1. The maximum atomic E-state index is 12.2. The Balaban J connectivity index is 1.75. The Kier molecular flexibility index (Phi) is 6.08. The van der Waals surface area contributed by atoms with Gasteiger partial charge in [0.2, 0.25) is 0 Å². The number of amides is 2. The summed E-state index contributed by atoms with van der Waals surface area (Å²) in [5, 5.41) is 3.45. The molecule has 1 heterocycles. The van der Waals surface area contributed by atoms with Crippen LogP contribution in [0.25, 0.3) is 0 Å². The van der Waals surface area contributed by atoms with Crippen LogP contribution in [0.1, 0.15) is 13.8 Å². The minimum Gasteiger partial charge on any atom is -0.492 e. The van der Waals surface area contributed by atoms with E-state index in [0.717, 1.165) is 0 Å². The number of carbonyl (C=O) groups is 1. The van der Waals surface area contributed by atoms with E-state index in [1.807, 2.05) is 26.0 Å². The number of nitrogens with one attached hydrogen (secondary N) is 1. The molecule has 1 aliphatic heterocycles. The topological polar surface area (TPSA) is 58.6 Å². The lowest BCUT2D eigenvalue weighted by Gasteiger charge is -2.37. The Morgan fingerprint density at radius 2 is 2.27 bits per heavy atom. The van der Waals surface area contributed by atoms with E-state index in [1.54, 1.807) is 17.0 Å². The third-order valence-electron chi connectivity index (χ3n) is 3.82. The van der Waals surface area contributed by atoms with Crippen molar-refractivity contribution in [3.05, 3.63) is 29.3 Å². The number of nitrogens with zero attached hydrogens (tertiary/aromatic N) is 1. The average Bonchev–Trinajstić information content (AvgIpc) is 2.49. The largest absolute Gasteiger partial charge is 0.492 e. The quantitative estimate of drug-likeness (QED) is 0.852. The summed E-state index contributed by atoms with van der Waals surface area (Å²) in [6.07, 6.45) is 0. The number of hydrogen-bond acceptors (Lipinski definition) is 3. The van der Waals surface area contributed by atoms with Gasteiger partial charge in [-0.1, -0.05) is 17.7 Å². The third kappa shape index (κ3) is 4.36. The lowest BCUT2D eigenvalue weighted by molar-refractivity contribution is 0.177. The second-order valence-corrected chi connectivity index (χ2v) is 7.61. The van der Waals surface area contributed by atoms with Gasteiger partial charge in [-0.2, -0.15) is 0 Å². The molecule has 5 nitrogen and oxygen atoms in total. The summed E-state index contributed by atoms with van der Waals surface area (Å²) in [7, 11) is -0.846. The van der Waals surface area contributed by atoms with E-state index in [2.05, 4.69) is 5.32 Å². The van der Waals surface area contributed by atoms with Crippen LogP contribution in [0, 0.1) is 0 Å². The Morgan fingerprint density at radius 3 is 3.00 bits per heavy atom. The Morgan fingerprint density at radius 1 is 1.50 bits per heavy atom. The smallest absolute Gasteiger partial charge is 0.317 e. The summed E-state index contributed by atoms with van der Waals surface area (Å²) in [6.45, 7) is 5.16. The predicted octanol–water partition coefficient (Wildman–Crippen LogP) is 2.27. The van der Waals surface area contributed by atoms with Gasteiger partial charge in [-0.05, 0) is 32.0 Å². The summed E-state index contributed by atoms with van der Waals surface area (Å²) in [6, 6.07) is 6.98. The highest BCUT2D eigenvalue weighted by atomic mass is 35.5. The molecule has 0 bridgehead atoms. The van der Waals surface area contributed by atoms with Crippen molar-refractivity contribution >= 4 is 28.4 Å². The third-order valence-corrected chi connectivity index (χ3v) is 5.87. The van der Waals surface area contributed by atoms with Crippen molar-refractivity contribution in [1.29, 1.82) is 0 Å². The Hall–Kier alpha value is -1.27. The number of rotatable bonds is 4. The monoisotopic (exact) mass is 344 g/mol. The zero-order valence-corrected chi connectivity index (χ0v) is 14.3.